The van der Waals surface area contributed by atoms with Gasteiger partial charge in [0.25, 0.3) is 0 Å². The third-order valence-electron chi connectivity index (χ3n) is 4.38. The minimum Gasteiger partial charge on any atom is -0.619 e. The molecule has 20 heavy (non-hydrogen) atoms. The molecule has 2 unspecified atom stereocenters. The van der Waals surface area contributed by atoms with Gasteiger partial charge in [0.05, 0.1) is 19.6 Å². The molecule has 0 bridgehead atoms. The average Bonchev–Trinajstić information content (AvgIpc) is 2.72. The first-order chi connectivity index (χ1) is 9.63. The van der Waals surface area contributed by atoms with Crippen LogP contribution in [-0.2, 0) is 10.3 Å². The summed E-state index contributed by atoms with van der Waals surface area (Å²) < 4.78 is 6.37. The monoisotopic (exact) mass is 277 g/mol. The fourth-order valence-electron chi connectivity index (χ4n) is 3.38. The number of nitrogens with one attached hydrogen (secondary N) is 1. The van der Waals surface area contributed by atoms with Crippen molar-refractivity contribution in [2.75, 3.05) is 26.3 Å². The van der Waals surface area contributed by atoms with E-state index in [0.29, 0.717) is 25.3 Å². The summed E-state index contributed by atoms with van der Waals surface area (Å²) in [6.45, 7) is 4.60. The number of rotatable bonds is 2. The molecule has 2 atom stereocenters. The van der Waals surface area contributed by atoms with E-state index in [0.717, 1.165) is 28.3 Å². The molecule has 0 amide bonds. The molecular formula is C15H21N2O3+. The molecule has 5 heteroatoms. The van der Waals surface area contributed by atoms with Gasteiger partial charge in [-0.1, -0.05) is 30.3 Å². The van der Waals surface area contributed by atoms with Crippen molar-refractivity contribution in [1.29, 1.82) is 0 Å². The number of hydroxylamine groups is 1. The second-order valence-corrected chi connectivity index (χ2v) is 5.70. The molecule has 1 aromatic carbocycles. The van der Waals surface area contributed by atoms with Gasteiger partial charge in [0.1, 0.15) is 13.1 Å². The first kappa shape index (κ1) is 13.5. The molecule has 108 valence electrons. The lowest BCUT2D eigenvalue weighted by Crippen LogP contribution is -3.20. The van der Waals surface area contributed by atoms with Crippen LogP contribution < -0.4 is 4.90 Å². The molecular weight excluding hydrogens is 256 g/mol. The van der Waals surface area contributed by atoms with E-state index in [-0.39, 0.29) is 0 Å². The van der Waals surface area contributed by atoms with Crippen molar-refractivity contribution in [2.45, 2.75) is 25.1 Å². The van der Waals surface area contributed by atoms with Gasteiger partial charge in [-0.2, -0.15) is 4.74 Å². The van der Waals surface area contributed by atoms with E-state index in [1.807, 2.05) is 30.3 Å². The number of hydrogen-bond acceptors (Lipinski definition) is 3. The summed E-state index contributed by atoms with van der Waals surface area (Å²) >= 11 is 0. The Labute approximate surface area is 118 Å². The highest BCUT2D eigenvalue weighted by molar-refractivity contribution is 5.80. The number of aliphatic hydroxyl groups is 1. The van der Waals surface area contributed by atoms with Crippen molar-refractivity contribution < 1.29 is 19.5 Å². The van der Waals surface area contributed by atoms with Crippen molar-refractivity contribution in [3.63, 3.8) is 0 Å². The van der Waals surface area contributed by atoms with Gasteiger partial charge in [-0.25, -0.2) is 0 Å². The van der Waals surface area contributed by atoms with E-state index in [1.54, 1.807) is 6.92 Å². The molecule has 0 saturated carbocycles. The Kier molecular flexibility index (Phi) is 3.50. The van der Waals surface area contributed by atoms with Crippen LogP contribution in [0.1, 0.15) is 18.9 Å². The van der Waals surface area contributed by atoms with Crippen LogP contribution >= 0.6 is 0 Å². The lowest BCUT2D eigenvalue weighted by molar-refractivity contribution is -1.01. The maximum absolute atomic E-state index is 12.5. The van der Waals surface area contributed by atoms with Crippen LogP contribution in [0.3, 0.4) is 0 Å². The molecule has 3 rings (SSSR count). The minimum absolute atomic E-state index is 0.398. The van der Waals surface area contributed by atoms with Gasteiger partial charge in [0.2, 0.25) is 5.60 Å². The molecule has 2 aliphatic rings. The molecule has 0 radical (unpaired) electrons. The number of benzene rings is 1. The van der Waals surface area contributed by atoms with Crippen molar-refractivity contribution >= 4 is 5.71 Å². The fraction of sp³-hybridized carbons (Fsp3) is 0.533. The predicted octanol–water partition coefficient (Wildman–Crippen LogP) is -0.510. The Morgan fingerprint density at radius 2 is 1.95 bits per heavy atom. The number of quaternary nitrogens is 1. The smallest absolute Gasteiger partial charge is 0.322 e. The van der Waals surface area contributed by atoms with Crippen LogP contribution in [0.25, 0.3) is 0 Å². The summed E-state index contributed by atoms with van der Waals surface area (Å²) in [4.78, 5) is 1.11. The molecule has 1 aromatic rings. The highest BCUT2D eigenvalue weighted by atomic mass is 16.5. The lowest BCUT2D eigenvalue weighted by Gasteiger charge is -2.34. The summed E-state index contributed by atoms with van der Waals surface area (Å²) in [5.74, 6) is 0. The lowest BCUT2D eigenvalue weighted by atomic mass is 9.87. The topological polar surface area (TPSA) is 60.0 Å². The zero-order valence-corrected chi connectivity index (χ0v) is 11.7. The third kappa shape index (κ3) is 2.12. The summed E-state index contributed by atoms with van der Waals surface area (Å²) in [5, 5.41) is 23.6. The van der Waals surface area contributed by atoms with E-state index in [4.69, 9.17) is 4.74 Å². The Balaban J connectivity index is 1.97. The van der Waals surface area contributed by atoms with Gasteiger partial charge < -0.3 is 15.1 Å². The zero-order valence-electron chi connectivity index (χ0n) is 11.7. The molecule has 2 heterocycles. The third-order valence-corrected chi connectivity index (χ3v) is 4.38. The van der Waals surface area contributed by atoms with Crippen LogP contribution in [0.2, 0.25) is 0 Å². The second kappa shape index (κ2) is 5.16. The Morgan fingerprint density at radius 1 is 1.30 bits per heavy atom. The molecule has 0 aliphatic carbocycles. The first-order valence-electron chi connectivity index (χ1n) is 7.12. The van der Waals surface area contributed by atoms with Crippen LogP contribution in [0, 0.1) is 5.21 Å². The number of morpholine rings is 1. The van der Waals surface area contributed by atoms with Crippen molar-refractivity contribution in [3.8, 4) is 0 Å². The number of hydrogen-bond donors (Lipinski definition) is 2. The number of nitrogens with zero attached hydrogens (tertiary/aromatic N) is 1. The van der Waals surface area contributed by atoms with Gasteiger partial charge >= 0.3 is 6.17 Å². The minimum atomic E-state index is -1.11. The van der Waals surface area contributed by atoms with Crippen molar-refractivity contribution in [2.24, 2.45) is 0 Å². The van der Waals surface area contributed by atoms with E-state index in [2.05, 4.69) is 0 Å². The largest absolute Gasteiger partial charge is 0.619 e. The summed E-state index contributed by atoms with van der Waals surface area (Å²) in [6.07, 6.45) is -0.0796. The van der Waals surface area contributed by atoms with Crippen LogP contribution in [0.5, 0.6) is 0 Å². The Bertz CT molecular complexity index is 511. The molecule has 2 aliphatic heterocycles. The highest BCUT2D eigenvalue weighted by Gasteiger charge is 2.57. The van der Waals surface area contributed by atoms with E-state index >= 15 is 0 Å². The Morgan fingerprint density at radius 3 is 2.60 bits per heavy atom. The normalized spacial score (nSPS) is 31.8. The van der Waals surface area contributed by atoms with Crippen LogP contribution in [0.15, 0.2) is 30.3 Å². The standard InChI is InChI=1S/C15H20N2O3/c1-12-11-15(18,13-5-3-2-4-6-13)14(17(12)19)16-7-9-20-10-8-16/h2-6,14,18H,7-11H2,1H3/p+1. The SMILES string of the molecule is CC1=[N+]([O-])C([NH+]2CCOCC2)C(O)(c2ccccc2)C1. The second-order valence-electron chi connectivity index (χ2n) is 5.70. The van der Waals surface area contributed by atoms with Crippen LogP contribution in [-0.4, -0.2) is 48.0 Å². The average molecular weight is 277 g/mol. The maximum atomic E-state index is 12.5. The van der Waals surface area contributed by atoms with E-state index in [9.17, 15) is 10.3 Å². The molecule has 2 N–H and O–H groups in total. The van der Waals surface area contributed by atoms with Gasteiger partial charge in [-0.3, -0.25) is 4.90 Å². The molecule has 0 aromatic heterocycles. The van der Waals surface area contributed by atoms with Gasteiger partial charge in [0.15, 0.2) is 5.71 Å². The predicted molar refractivity (Wildman–Crippen MR) is 74.6 cm³/mol. The van der Waals surface area contributed by atoms with Crippen LogP contribution in [0.4, 0.5) is 0 Å². The molecule has 0 spiro atoms. The van der Waals surface area contributed by atoms with Gasteiger partial charge in [-0.05, 0) is 5.56 Å². The molecule has 5 nitrogen and oxygen atoms in total. The quantitative estimate of drug-likeness (QED) is 0.565. The van der Waals surface area contributed by atoms with Gasteiger partial charge in [0, 0.05) is 6.92 Å². The highest BCUT2D eigenvalue weighted by Crippen LogP contribution is 2.33. The molecule has 1 fully saturated rings. The number of ether oxygens (including phenoxy) is 1. The summed E-state index contributed by atoms with van der Waals surface area (Å²) in [7, 11) is 0. The summed E-state index contributed by atoms with van der Waals surface area (Å²) in [5.41, 5.74) is 0.404. The Hall–Kier alpha value is -1.43. The van der Waals surface area contributed by atoms with Crippen molar-refractivity contribution in [1.82, 2.24) is 0 Å². The van der Waals surface area contributed by atoms with Gasteiger partial charge in [-0.15, -0.1) is 0 Å². The summed E-state index contributed by atoms with van der Waals surface area (Å²) in [6, 6.07) is 9.53. The zero-order chi connectivity index (χ0) is 14.2. The van der Waals surface area contributed by atoms with Crippen molar-refractivity contribution in [3.05, 3.63) is 41.1 Å². The molecule has 1 saturated heterocycles. The fourth-order valence-corrected chi connectivity index (χ4v) is 3.38. The maximum Gasteiger partial charge on any atom is 0.322 e. The first-order valence-corrected chi connectivity index (χ1v) is 7.12. The van der Waals surface area contributed by atoms with E-state index in [1.165, 1.54) is 0 Å². The van der Waals surface area contributed by atoms with E-state index < -0.39 is 11.8 Å².